The lowest BCUT2D eigenvalue weighted by atomic mass is 9.87. The fourth-order valence-corrected chi connectivity index (χ4v) is 2.68. The number of nitrogens with zero attached hydrogens (tertiary/aromatic N) is 1. The molecule has 1 N–H and O–H groups in total. The van der Waals surface area contributed by atoms with E-state index in [4.69, 9.17) is 0 Å². The van der Waals surface area contributed by atoms with Crippen LogP contribution >= 0.6 is 0 Å². The highest BCUT2D eigenvalue weighted by atomic mass is 16.2. The van der Waals surface area contributed by atoms with Gasteiger partial charge in [0.05, 0.1) is 5.92 Å². The SMILES string of the molecule is O=C1CCCCC1C(=O)Nc1nccc2ccccc12. The van der Waals surface area contributed by atoms with Crippen molar-refractivity contribution in [3.63, 3.8) is 0 Å². The molecule has 4 nitrogen and oxygen atoms in total. The van der Waals surface area contributed by atoms with E-state index in [0.717, 1.165) is 23.6 Å². The van der Waals surface area contributed by atoms with E-state index in [9.17, 15) is 9.59 Å². The molecule has 1 aliphatic carbocycles. The molecule has 0 saturated heterocycles. The van der Waals surface area contributed by atoms with Gasteiger partial charge in [0.1, 0.15) is 11.6 Å². The number of Topliss-reactive ketones (excluding diaryl/α,β-unsaturated/α-hetero) is 1. The summed E-state index contributed by atoms with van der Waals surface area (Å²) in [7, 11) is 0. The van der Waals surface area contributed by atoms with Crippen LogP contribution in [0, 0.1) is 5.92 Å². The molecular weight excluding hydrogens is 252 g/mol. The summed E-state index contributed by atoms with van der Waals surface area (Å²) in [4.78, 5) is 28.3. The van der Waals surface area contributed by atoms with Gasteiger partial charge in [0, 0.05) is 18.0 Å². The van der Waals surface area contributed by atoms with Gasteiger partial charge in [-0.15, -0.1) is 0 Å². The van der Waals surface area contributed by atoms with Crippen molar-refractivity contribution in [1.82, 2.24) is 4.98 Å². The van der Waals surface area contributed by atoms with Crippen molar-refractivity contribution in [1.29, 1.82) is 0 Å². The lowest BCUT2D eigenvalue weighted by molar-refractivity contribution is -0.132. The van der Waals surface area contributed by atoms with Crippen molar-refractivity contribution in [3.8, 4) is 0 Å². The third-order valence-corrected chi connectivity index (χ3v) is 3.79. The van der Waals surface area contributed by atoms with Crippen LogP contribution < -0.4 is 5.32 Å². The highest BCUT2D eigenvalue weighted by Crippen LogP contribution is 2.24. The number of ketones is 1. The largest absolute Gasteiger partial charge is 0.310 e. The summed E-state index contributed by atoms with van der Waals surface area (Å²) < 4.78 is 0. The van der Waals surface area contributed by atoms with E-state index in [1.807, 2.05) is 30.3 Å². The number of nitrogens with one attached hydrogen (secondary N) is 1. The summed E-state index contributed by atoms with van der Waals surface area (Å²) in [6.07, 6.45) is 4.67. The second-order valence-electron chi connectivity index (χ2n) is 5.13. The van der Waals surface area contributed by atoms with E-state index in [1.165, 1.54) is 0 Å². The Hall–Kier alpha value is -2.23. The van der Waals surface area contributed by atoms with Crippen LogP contribution in [0.1, 0.15) is 25.7 Å². The summed E-state index contributed by atoms with van der Waals surface area (Å²) >= 11 is 0. The average Bonchev–Trinajstić information content (AvgIpc) is 2.48. The Balaban J connectivity index is 1.86. The molecule has 102 valence electrons. The Morgan fingerprint density at radius 2 is 2.05 bits per heavy atom. The number of hydrogen-bond donors (Lipinski definition) is 1. The van der Waals surface area contributed by atoms with Crippen LogP contribution in [0.2, 0.25) is 0 Å². The highest BCUT2D eigenvalue weighted by Gasteiger charge is 2.29. The van der Waals surface area contributed by atoms with Gasteiger partial charge >= 0.3 is 0 Å². The van der Waals surface area contributed by atoms with E-state index >= 15 is 0 Å². The van der Waals surface area contributed by atoms with Crippen LogP contribution in [0.5, 0.6) is 0 Å². The molecule has 1 amide bonds. The maximum atomic E-state index is 12.2. The van der Waals surface area contributed by atoms with Crippen molar-refractivity contribution in [2.45, 2.75) is 25.7 Å². The van der Waals surface area contributed by atoms with Crippen LogP contribution in [-0.4, -0.2) is 16.7 Å². The van der Waals surface area contributed by atoms with Gasteiger partial charge in [-0.2, -0.15) is 0 Å². The molecular formula is C16H16N2O2. The van der Waals surface area contributed by atoms with Crippen LogP contribution in [-0.2, 0) is 9.59 Å². The third-order valence-electron chi connectivity index (χ3n) is 3.79. The molecule has 0 bridgehead atoms. The van der Waals surface area contributed by atoms with Gasteiger partial charge in [0.2, 0.25) is 5.91 Å². The van der Waals surface area contributed by atoms with Gasteiger partial charge in [0.15, 0.2) is 0 Å². The quantitative estimate of drug-likeness (QED) is 0.852. The fraction of sp³-hybridized carbons (Fsp3) is 0.312. The predicted molar refractivity (Wildman–Crippen MR) is 77.3 cm³/mol. The Morgan fingerprint density at radius 3 is 2.90 bits per heavy atom. The molecule has 2 aromatic rings. The second-order valence-corrected chi connectivity index (χ2v) is 5.13. The number of carbonyl (C=O) groups excluding carboxylic acids is 2. The van der Waals surface area contributed by atoms with Gasteiger partial charge in [-0.3, -0.25) is 9.59 Å². The Labute approximate surface area is 117 Å². The molecule has 1 unspecified atom stereocenters. The number of hydrogen-bond acceptors (Lipinski definition) is 3. The van der Waals surface area contributed by atoms with Gasteiger partial charge in [-0.05, 0) is 24.3 Å². The minimum absolute atomic E-state index is 0.0500. The molecule has 0 aliphatic heterocycles. The van der Waals surface area contributed by atoms with E-state index in [0.29, 0.717) is 18.7 Å². The van der Waals surface area contributed by atoms with Crippen LogP contribution in [0.15, 0.2) is 36.5 Å². The minimum atomic E-state index is -0.510. The average molecular weight is 268 g/mol. The zero-order valence-corrected chi connectivity index (χ0v) is 11.1. The summed E-state index contributed by atoms with van der Waals surface area (Å²) in [6.45, 7) is 0. The summed E-state index contributed by atoms with van der Waals surface area (Å²) in [5.41, 5.74) is 0. The molecule has 1 heterocycles. The molecule has 0 spiro atoms. The number of pyridine rings is 1. The first-order valence-electron chi connectivity index (χ1n) is 6.93. The lowest BCUT2D eigenvalue weighted by Crippen LogP contribution is -2.32. The Morgan fingerprint density at radius 1 is 1.20 bits per heavy atom. The maximum absolute atomic E-state index is 12.2. The van der Waals surface area contributed by atoms with Crippen LogP contribution in [0.3, 0.4) is 0 Å². The van der Waals surface area contributed by atoms with Gasteiger partial charge in [-0.25, -0.2) is 4.98 Å². The topological polar surface area (TPSA) is 59.1 Å². The molecule has 20 heavy (non-hydrogen) atoms. The smallest absolute Gasteiger partial charge is 0.236 e. The zero-order valence-electron chi connectivity index (χ0n) is 11.1. The first-order chi connectivity index (χ1) is 9.75. The van der Waals surface area contributed by atoms with Crippen molar-refractivity contribution >= 4 is 28.3 Å². The number of rotatable bonds is 2. The molecule has 4 heteroatoms. The van der Waals surface area contributed by atoms with Gasteiger partial charge in [0.25, 0.3) is 0 Å². The maximum Gasteiger partial charge on any atom is 0.236 e. The molecule has 1 aromatic carbocycles. The second kappa shape index (κ2) is 5.41. The predicted octanol–water partition coefficient (Wildman–Crippen LogP) is 2.93. The van der Waals surface area contributed by atoms with Crippen molar-refractivity contribution in [3.05, 3.63) is 36.5 Å². The van der Waals surface area contributed by atoms with E-state index in [-0.39, 0.29) is 11.7 Å². The zero-order chi connectivity index (χ0) is 13.9. The number of anilines is 1. The lowest BCUT2D eigenvalue weighted by Gasteiger charge is -2.19. The number of aromatic nitrogens is 1. The fourth-order valence-electron chi connectivity index (χ4n) is 2.68. The van der Waals surface area contributed by atoms with Crippen LogP contribution in [0.25, 0.3) is 10.8 Å². The molecule has 0 radical (unpaired) electrons. The van der Waals surface area contributed by atoms with Crippen molar-refractivity contribution in [2.75, 3.05) is 5.32 Å². The van der Waals surface area contributed by atoms with E-state index in [1.54, 1.807) is 6.20 Å². The molecule has 1 aromatic heterocycles. The van der Waals surface area contributed by atoms with Crippen molar-refractivity contribution < 1.29 is 9.59 Å². The number of benzene rings is 1. The first-order valence-corrected chi connectivity index (χ1v) is 6.93. The normalized spacial score (nSPS) is 19.0. The molecule has 1 atom stereocenters. The summed E-state index contributed by atoms with van der Waals surface area (Å²) in [5.74, 6) is -0.150. The first kappa shape index (κ1) is 12.8. The van der Waals surface area contributed by atoms with Crippen molar-refractivity contribution in [2.24, 2.45) is 5.92 Å². The molecule has 3 rings (SSSR count). The van der Waals surface area contributed by atoms with E-state index < -0.39 is 5.92 Å². The number of amides is 1. The minimum Gasteiger partial charge on any atom is -0.310 e. The molecule has 1 saturated carbocycles. The number of carbonyl (C=O) groups is 2. The Bertz CT molecular complexity index is 661. The monoisotopic (exact) mass is 268 g/mol. The summed E-state index contributed by atoms with van der Waals surface area (Å²) in [5, 5.41) is 4.73. The molecule has 1 fully saturated rings. The molecule has 1 aliphatic rings. The highest BCUT2D eigenvalue weighted by molar-refractivity contribution is 6.09. The van der Waals surface area contributed by atoms with Gasteiger partial charge in [-0.1, -0.05) is 30.7 Å². The van der Waals surface area contributed by atoms with E-state index in [2.05, 4.69) is 10.3 Å². The summed E-state index contributed by atoms with van der Waals surface area (Å²) in [6, 6.07) is 9.64. The Kier molecular flexibility index (Phi) is 3.46. The standard InChI is InChI=1S/C16H16N2O2/c19-14-8-4-3-7-13(14)16(20)18-15-12-6-2-1-5-11(12)9-10-17-15/h1-2,5-6,9-10,13H,3-4,7-8H2,(H,17,18,20). The van der Waals surface area contributed by atoms with Crippen LogP contribution in [0.4, 0.5) is 5.82 Å². The number of fused-ring (bicyclic) bond motifs is 1. The van der Waals surface area contributed by atoms with Gasteiger partial charge < -0.3 is 5.32 Å². The third kappa shape index (κ3) is 2.41.